The highest BCUT2D eigenvalue weighted by molar-refractivity contribution is 6.50. The molecule has 1 aromatic rings. The van der Waals surface area contributed by atoms with Gasteiger partial charge >= 0.3 is 0 Å². The van der Waals surface area contributed by atoms with Crippen molar-refractivity contribution in [3.05, 3.63) is 29.8 Å². The Hall–Kier alpha value is -0.770. The smallest absolute Gasteiger partial charge is 0.182 e. The summed E-state index contributed by atoms with van der Waals surface area (Å²) in [6.07, 6.45) is 0. The van der Waals surface area contributed by atoms with Crippen molar-refractivity contribution in [2.24, 2.45) is 5.73 Å². The Kier molecular flexibility index (Phi) is 3.75. The number of anilines is 1. The topological polar surface area (TPSA) is 46.3 Å². The summed E-state index contributed by atoms with van der Waals surface area (Å²) in [5, 5.41) is 0. The number of nitrogens with two attached hydrogens (primary N) is 1. The summed E-state index contributed by atoms with van der Waals surface area (Å²) in [6.45, 7) is 1.60. The third-order valence-electron chi connectivity index (χ3n) is 1.68. The SMILES string of the molecule is C[C@H](N)C(=O)c1[c]cccc1N(Cl)Cl. The molecular formula is C9H9Cl2N2O. The summed E-state index contributed by atoms with van der Waals surface area (Å²) in [7, 11) is 0. The molecule has 5 heteroatoms. The first-order chi connectivity index (χ1) is 6.54. The minimum atomic E-state index is -0.597. The minimum Gasteiger partial charge on any atom is -0.321 e. The van der Waals surface area contributed by atoms with E-state index in [1.807, 2.05) is 0 Å². The van der Waals surface area contributed by atoms with E-state index in [1.165, 1.54) is 0 Å². The molecule has 0 saturated heterocycles. The average Bonchev–Trinajstić information content (AvgIpc) is 2.16. The van der Waals surface area contributed by atoms with E-state index in [-0.39, 0.29) is 5.78 Å². The maximum Gasteiger partial charge on any atom is 0.182 e. The second-order valence-corrected chi connectivity index (χ2v) is 3.67. The molecule has 0 heterocycles. The van der Waals surface area contributed by atoms with Gasteiger partial charge in [0, 0.05) is 23.6 Å². The summed E-state index contributed by atoms with van der Waals surface area (Å²) in [5.41, 5.74) is 6.15. The Balaban J connectivity index is 3.13. The van der Waals surface area contributed by atoms with E-state index in [0.717, 1.165) is 3.94 Å². The lowest BCUT2D eigenvalue weighted by atomic mass is 10.0. The quantitative estimate of drug-likeness (QED) is 0.641. The van der Waals surface area contributed by atoms with Crippen molar-refractivity contribution in [3.63, 3.8) is 0 Å². The monoisotopic (exact) mass is 231 g/mol. The zero-order chi connectivity index (χ0) is 10.7. The summed E-state index contributed by atoms with van der Waals surface area (Å²) in [6, 6.07) is 7.07. The summed E-state index contributed by atoms with van der Waals surface area (Å²) >= 11 is 11.1. The first kappa shape index (κ1) is 11.3. The lowest BCUT2D eigenvalue weighted by Gasteiger charge is -2.12. The fourth-order valence-corrected chi connectivity index (χ4v) is 1.28. The van der Waals surface area contributed by atoms with Gasteiger partial charge in [0.05, 0.1) is 17.3 Å². The number of ketones is 1. The molecule has 1 atom stereocenters. The molecule has 1 aromatic carbocycles. The molecule has 14 heavy (non-hydrogen) atoms. The number of rotatable bonds is 3. The van der Waals surface area contributed by atoms with E-state index in [9.17, 15) is 4.79 Å². The third-order valence-corrected chi connectivity index (χ3v) is 2.04. The van der Waals surface area contributed by atoms with Crippen LogP contribution in [0, 0.1) is 6.07 Å². The van der Waals surface area contributed by atoms with Gasteiger partial charge in [0.1, 0.15) is 0 Å². The third kappa shape index (κ3) is 2.38. The van der Waals surface area contributed by atoms with E-state index in [4.69, 9.17) is 29.3 Å². The van der Waals surface area contributed by atoms with Crippen LogP contribution in [0.15, 0.2) is 18.2 Å². The fourth-order valence-electron chi connectivity index (χ4n) is 0.994. The number of hydrogen-bond acceptors (Lipinski definition) is 3. The standard InChI is InChI=1S/C9H9Cl2N2O/c1-6(12)9(14)7-4-2-3-5-8(7)13(10)11/h2-3,5-6H,12H2,1H3/t6-/m0/s1. The molecule has 3 nitrogen and oxygen atoms in total. The maximum absolute atomic E-state index is 11.6. The van der Waals surface area contributed by atoms with Gasteiger partial charge in [-0.15, -0.1) is 0 Å². The molecule has 0 bridgehead atoms. The molecular weight excluding hydrogens is 223 g/mol. The number of benzene rings is 1. The van der Waals surface area contributed by atoms with Crippen LogP contribution >= 0.6 is 23.6 Å². The largest absolute Gasteiger partial charge is 0.321 e. The number of halogens is 2. The Morgan fingerprint density at radius 1 is 1.64 bits per heavy atom. The van der Waals surface area contributed by atoms with Crippen LogP contribution < -0.4 is 9.67 Å². The maximum atomic E-state index is 11.6. The molecule has 0 aliphatic carbocycles. The predicted octanol–water partition coefficient (Wildman–Crippen LogP) is 2.13. The van der Waals surface area contributed by atoms with E-state index in [1.54, 1.807) is 25.1 Å². The lowest BCUT2D eigenvalue weighted by Crippen LogP contribution is -2.27. The van der Waals surface area contributed by atoms with Crippen LogP contribution in [-0.2, 0) is 0 Å². The van der Waals surface area contributed by atoms with Crippen LogP contribution in [-0.4, -0.2) is 11.8 Å². The van der Waals surface area contributed by atoms with Crippen molar-refractivity contribution in [2.75, 3.05) is 3.94 Å². The lowest BCUT2D eigenvalue weighted by molar-refractivity contribution is 0.0968. The van der Waals surface area contributed by atoms with E-state index in [0.29, 0.717) is 11.3 Å². The van der Waals surface area contributed by atoms with Crippen molar-refractivity contribution >= 4 is 35.0 Å². The normalized spacial score (nSPS) is 12.3. The Bertz CT molecular complexity index is 339. The molecule has 0 aromatic heterocycles. The van der Waals surface area contributed by atoms with Crippen LogP contribution in [0.1, 0.15) is 17.3 Å². The van der Waals surface area contributed by atoms with Crippen LogP contribution in [0.3, 0.4) is 0 Å². The summed E-state index contributed by atoms with van der Waals surface area (Å²) < 4.78 is 0.826. The Morgan fingerprint density at radius 3 is 2.79 bits per heavy atom. The van der Waals surface area contributed by atoms with Gasteiger partial charge in [-0.2, -0.15) is 3.94 Å². The second-order valence-electron chi connectivity index (χ2n) is 2.82. The number of carbonyl (C=O) groups is 1. The summed E-state index contributed by atoms with van der Waals surface area (Å²) in [5.74, 6) is -0.244. The highest BCUT2D eigenvalue weighted by Crippen LogP contribution is 2.24. The predicted molar refractivity (Wildman–Crippen MR) is 57.4 cm³/mol. The number of hydrogen-bond donors (Lipinski definition) is 1. The molecule has 0 aliphatic heterocycles. The molecule has 2 N–H and O–H groups in total. The van der Waals surface area contributed by atoms with Crippen molar-refractivity contribution in [1.29, 1.82) is 0 Å². The minimum absolute atomic E-state index is 0.244. The fraction of sp³-hybridized carbons (Fsp3) is 0.222. The van der Waals surface area contributed by atoms with Gasteiger partial charge < -0.3 is 5.73 Å². The van der Waals surface area contributed by atoms with E-state index >= 15 is 0 Å². The molecule has 0 aliphatic rings. The number of nitrogens with zero attached hydrogens (tertiary/aromatic N) is 1. The first-order valence-electron chi connectivity index (χ1n) is 3.96. The highest BCUT2D eigenvalue weighted by atomic mass is 35.5. The molecule has 0 saturated carbocycles. The van der Waals surface area contributed by atoms with Gasteiger partial charge in [0.15, 0.2) is 5.78 Å². The van der Waals surface area contributed by atoms with Crippen LogP contribution in [0.5, 0.6) is 0 Å². The van der Waals surface area contributed by atoms with Crippen molar-refractivity contribution in [2.45, 2.75) is 13.0 Å². The van der Waals surface area contributed by atoms with Gasteiger partial charge in [-0.05, 0) is 19.1 Å². The number of Topliss-reactive ketones (excluding diaryl/α,β-unsaturated/α-hetero) is 1. The van der Waals surface area contributed by atoms with Gasteiger partial charge in [-0.3, -0.25) is 4.79 Å². The molecule has 0 unspecified atom stereocenters. The highest BCUT2D eigenvalue weighted by Gasteiger charge is 2.17. The number of carbonyl (C=O) groups excluding carboxylic acids is 1. The van der Waals surface area contributed by atoms with Gasteiger partial charge in [0.2, 0.25) is 0 Å². The molecule has 1 radical (unpaired) electrons. The second kappa shape index (κ2) is 4.64. The molecule has 0 spiro atoms. The van der Waals surface area contributed by atoms with Crippen LogP contribution in [0.25, 0.3) is 0 Å². The van der Waals surface area contributed by atoms with Crippen molar-refractivity contribution in [1.82, 2.24) is 0 Å². The Morgan fingerprint density at radius 2 is 2.29 bits per heavy atom. The van der Waals surface area contributed by atoms with Crippen molar-refractivity contribution in [3.8, 4) is 0 Å². The zero-order valence-corrected chi connectivity index (χ0v) is 9.01. The van der Waals surface area contributed by atoms with Crippen molar-refractivity contribution < 1.29 is 4.79 Å². The zero-order valence-electron chi connectivity index (χ0n) is 7.50. The van der Waals surface area contributed by atoms with Gasteiger partial charge in [-0.1, -0.05) is 12.1 Å². The van der Waals surface area contributed by atoms with Crippen LogP contribution in [0.2, 0.25) is 0 Å². The molecule has 0 fully saturated rings. The van der Waals surface area contributed by atoms with E-state index in [2.05, 4.69) is 6.07 Å². The van der Waals surface area contributed by atoms with Gasteiger partial charge in [-0.25, -0.2) is 0 Å². The average molecular weight is 232 g/mol. The summed E-state index contributed by atoms with van der Waals surface area (Å²) in [4.78, 5) is 11.6. The van der Waals surface area contributed by atoms with Crippen LogP contribution in [0.4, 0.5) is 5.69 Å². The van der Waals surface area contributed by atoms with Gasteiger partial charge in [0.25, 0.3) is 0 Å². The first-order valence-corrected chi connectivity index (χ1v) is 4.64. The molecule has 0 amide bonds. The molecule has 75 valence electrons. The molecule has 1 rings (SSSR count). The van der Waals surface area contributed by atoms with E-state index < -0.39 is 6.04 Å². The Labute approximate surface area is 92.6 Å².